The highest BCUT2D eigenvalue weighted by Gasteiger charge is 2.14. The average Bonchev–Trinajstić information content (AvgIpc) is 2.44. The lowest BCUT2D eigenvalue weighted by atomic mass is 10.2. The van der Waals surface area contributed by atoms with E-state index >= 15 is 0 Å². The van der Waals surface area contributed by atoms with Gasteiger partial charge in [-0.15, -0.1) is 10.2 Å². The fourth-order valence-corrected chi connectivity index (χ4v) is 1.69. The maximum Gasteiger partial charge on any atom is 0.297 e. The first kappa shape index (κ1) is 13.5. The zero-order chi connectivity index (χ0) is 14.7. The summed E-state index contributed by atoms with van der Waals surface area (Å²) >= 11 is 0. The second-order valence-electron chi connectivity index (χ2n) is 4.10. The number of likely N-dealkylation sites (N-methyl/N-ethyl adjacent to an activating group) is 1. The lowest BCUT2D eigenvalue weighted by Gasteiger charge is -2.11. The van der Waals surface area contributed by atoms with Crippen molar-refractivity contribution in [1.82, 2.24) is 20.1 Å². The van der Waals surface area contributed by atoms with Crippen LogP contribution in [0.15, 0.2) is 29.1 Å². The fourth-order valence-electron chi connectivity index (χ4n) is 1.69. The normalized spacial score (nSPS) is 10.2. The van der Waals surface area contributed by atoms with E-state index < -0.39 is 5.56 Å². The molecule has 0 aliphatic rings. The zero-order valence-electron chi connectivity index (χ0n) is 10.8. The van der Waals surface area contributed by atoms with E-state index in [2.05, 4.69) is 15.5 Å². The zero-order valence-corrected chi connectivity index (χ0v) is 10.8. The number of carbonyl (C=O) groups excluding carboxylic acids is 1. The molecule has 8 nitrogen and oxygen atoms in total. The summed E-state index contributed by atoms with van der Waals surface area (Å²) in [6, 6.07) is 6.78. The third-order valence-electron chi connectivity index (χ3n) is 2.70. The number of benzene rings is 1. The number of hydrogen-bond donors (Lipinski definition) is 3. The van der Waals surface area contributed by atoms with Crippen molar-refractivity contribution in [2.45, 2.75) is 6.54 Å². The first-order chi connectivity index (χ1) is 9.52. The first-order valence-corrected chi connectivity index (χ1v) is 5.82. The monoisotopic (exact) mass is 274 g/mol. The summed E-state index contributed by atoms with van der Waals surface area (Å²) in [5.74, 6) is -0.369. The molecule has 5 N–H and O–H groups in total. The molecule has 0 saturated heterocycles. The minimum absolute atomic E-state index is 0.195. The van der Waals surface area contributed by atoms with Gasteiger partial charge in [-0.2, -0.15) is 0 Å². The number of nitrogen functional groups attached to an aromatic ring is 2. The van der Waals surface area contributed by atoms with Crippen molar-refractivity contribution in [2.75, 3.05) is 18.5 Å². The molecule has 0 spiro atoms. The van der Waals surface area contributed by atoms with Crippen molar-refractivity contribution < 1.29 is 4.79 Å². The molecule has 0 saturated carbocycles. The van der Waals surface area contributed by atoms with Crippen LogP contribution in [0.4, 0.5) is 11.5 Å². The molecule has 0 bridgehead atoms. The number of aromatic nitrogens is 3. The first-order valence-electron chi connectivity index (χ1n) is 5.82. The molecule has 1 aromatic heterocycles. The highest BCUT2D eigenvalue weighted by Crippen LogP contribution is 2.18. The van der Waals surface area contributed by atoms with Crippen LogP contribution in [0.3, 0.4) is 0 Å². The summed E-state index contributed by atoms with van der Waals surface area (Å²) in [7, 11) is 1.48. The van der Waals surface area contributed by atoms with Gasteiger partial charge in [-0.1, -0.05) is 12.1 Å². The molecule has 2 aromatic rings. The predicted molar refractivity (Wildman–Crippen MR) is 74.6 cm³/mol. The highest BCUT2D eigenvalue weighted by atomic mass is 16.2. The van der Waals surface area contributed by atoms with Gasteiger partial charge in [-0.3, -0.25) is 14.2 Å². The molecule has 0 aliphatic heterocycles. The molecule has 1 aromatic carbocycles. The van der Waals surface area contributed by atoms with E-state index in [4.69, 9.17) is 11.5 Å². The van der Waals surface area contributed by atoms with E-state index in [1.165, 1.54) is 7.05 Å². The van der Waals surface area contributed by atoms with Gasteiger partial charge >= 0.3 is 0 Å². The van der Waals surface area contributed by atoms with Crippen LogP contribution in [-0.4, -0.2) is 27.7 Å². The molecule has 0 atom stereocenters. The standard InChI is InChI=1S/C12H14N6O2/c1-15-9(19)6-18-11(17-16-10(14)12(18)20)7-3-2-4-8(13)5-7/h2-5H,6,13H2,1H3,(H2,14,16)(H,15,19). The molecular weight excluding hydrogens is 260 g/mol. The summed E-state index contributed by atoms with van der Waals surface area (Å²) in [5.41, 5.74) is 11.7. The molecule has 0 fully saturated rings. The van der Waals surface area contributed by atoms with Gasteiger partial charge in [-0.25, -0.2) is 0 Å². The molecule has 1 heterocycles. The number of nitrogens with zero attached hydrogens (tertiary/aromatic N) is 3. The van der Waals surface area contributed by atoms with Crippen molar-refractivity contribution in [1.29, 1.82) is 0 Å². The van der Waals surface area contributed by atoms with Crippen LogP contribution in [0.25, 0.3) is 11.4 Å². The van der Waals surface area contributed by atoms with E-state index in [0.29, 0.717) is 11.3 Å². The molecule has 0 aliphatic carbocycles. The molecule has 20 heavy (non-hydrogen) atoms. The van der Waals surface area contributed by atoms with E-state index in [1.807, 2.05) is 0 Å². The molecule has 2 rings (SSSR count). The van der Waals surface area contributed by atoms with Crippen LogP contribution >= 0.6 is 0 Å². The SMILES string of the molecule is CNC(=O)Cn1c(-c2cccc(N)c2)nnc(N)c1=O. The van der Waals surface area contributed by atoms with E-state index in [0.717, 1.165) is 4.57 Å². The Kier molecular flexibility index (Phi) is 3.65. The van der Waals surface area contributed by atoms with Gasteiger partial charge in [0.25, 0.3) is 5.56 Å². The Bertz CT molecular complexity index is 709. The Morgan fingerprint density at radius 3 is 2.75 bits per heavy atom. The molecule has 104 valence electrons. The third kappa shape index (κ3) is 2.58. The van der Waals surface area contributed by atoms with Crippen molar-refractivity contribution in [3.63, 3.8) is 0 Å². The Hall–Kier alpha value is -2.90. The summed E-state index contributed by atoms with van der Waals surface area (Å²) in [6.45, 7) is -0.195. The second-order valence-corrected chi connectivity index (χ2v) is 4.10. The molecule has 0 unspecified atom stereocenters. The third-order valence-corrected chi connectivity index (χ3v) is 2.70. The van der Waals surface area contributed by atoms with Crippen LogP contribution in [0.1, 0.15) is 0 Å². The van der Waals surface area contributed by atoms with Crippen LogP contribution in [0.2, 0.25) is 0 Å². The number of amides is 1. The van der Waals surface area contributed by atoms with Crippen LogP contribution in [-0.2, 0) is 11.3 Å². The topological polar surface area (TPSA) is 129 Å². The number of carbonyl (C=O) groups is 1. The highest BCUT2D eigenvalue weighted by molar-refractivity contribution is 5.76. The Labute approximate surface area is 114 Å². The van der Waals surface area contributed by atoms with Crippen LogP contribution < -0.4 is 22.3 Å². The van der Waals surface area contributed by atoms with Gasteiger partial charge in [0.1, 0.15) is 6.54 Å². The minimum Gasteiger partial charge on any atom is -0.399 e. The molecule has 1 amide bonds. The molecular formula is C12H14N6O2. The minimum atomic E-state index is -0.568. The quantitative estimate of drug-likeness (QED) is 0.629. The van der Waals surface area contributed by atoms with Gasteiger partial charge in [0.05, 0.1) is 0 Å². The lowest BCUT2D eigenvalue weighted by molar-refractivity contribution is -0.121. The maximum absolute atomic E-state index is 12.0. The summed E-state index contributed by atoms with van der Waals surface area (Å²) in [6.07, 6.45) is 0. The predicted octanol–water partition coefficient (Wildman–Crippen LogP) is -0.784. The summed E-state index contributed by atoms with van der Waals surface area (Å²) in [4.78, 5) is 23.5. The number of anilines is 2. The number of nitrogens with one attached hydrogen (secondary N) is 1. The lowest BCUT2D eigenvalue weighted by Crippen LogP contribution is -2.33. The average molecular weight is 274 g/mol. The van der Waals surface area contributed by atoms with Crippen molar-refractivity contribution in [3.05, 3.63) is 34.6 Å². The van der Waals surface area contributed by atoms with E-state index in [9.17, 15) is 9.59 Å². The van der Waals surface area contributed by atoms with E-state index in [-0.39, 0.29) is 24.1 Å². The maximum atomic E-state index is 12.0. The largest absolute Gasteiger partial charge is 0.399 e. The van der Waals surface area contributed by atoms with Gasteiger partial charge in [0, 0.05) is 18.3 Å². The Morgan fingerprint density at radius 1 is 1.35 bits per heavy atom. The van der Waals surface area contributed by atoms with Gasteiger partial charge < -0.3 is 16.8 Å². The Morgan fingerprint density at radius 2 is 2.10 bits per heavy atom. The van der Waals surface area contributed by atoms with Crippen molar-refractivity contribution in [3.8, 4) is 11.4 Å². The Balaban J connectivity index is 2.61. The molecule has 0 radical (unpaired) electrons. The van der Waals surface area contributed by atoms with Crippen molar-refractivity contribution >= 4 is 17.4 Å². The van der Waals surface area contributed by atoms with Crippen LogP contribution in [0, 0.1) is 0 Å². The smallest absolute Gasteiger partial charge is 0.297 e. The summed E-state index contributed by atoms with van der Waals surface area (Å²) < 4.78 is 1.16. The number of nitrogens with two attached hydrogens (primary N) is 2. The van der Waals surface area contributed by atoms with Gasteiger partial charge in [-0.05, 0) is 12.1 Å². The number of rotatable bonds is 3. The van der Waals surface area contributed by atoms with Gasteiger partial charge in [0.15, 0.2) is 5.82 Å². The second kappa shape index (κ2) is 5.39. The number of hydrogen-bond acceptors (Lipinski definition) is 6. The van der Waals surface area contributed by atoms with Crippen LogP contribution in [0.5, 0.6) is 0 Å². The fraction of sp³-hybridized carbons (Fsp3) is 0.167. The van der Waals surface area contributed by atoms with E-state index in [1.54, 1.807) is 24.3 Å². The van der Waals surface area contributed by atoms with Crippen molar-refractivity contribution in [2.24, 2.45) is 0 Å². The van der Waals surface area contributed by atoms with Gasteiger partial charge in [0.2, 0.25) is 11.7 Å². The summed E-state index contributed by atoms with van der Waals surface area (Å²) in [5, 5.41) is 9.93. The molecule has 8 heteroatoms.